The Morgan fingerprint density at radius 1 is 1.29 bits per heavy atom. The summed E-state index contributed by atoms with van der Waals surface area (Å²) in [6.45, 7) is 3.72. The van der Waals surface area contributed by atoms with Gasteiger partial charge in [-0.3, -0.25) is 14.9 Å². The van der Waals surface area contributed by atoms with Crippen molar-refractivity contribution in [3.8, 4) is 0 Å². The topological polar surface area (TPSA) is 141 Å². The van der Waals surface area contributed by atoms with Crippen molar-refractivity contribution < 1.29 is 19.7 Å². The van der Waals surface area contributed by atoms with Crippen molar-refractivity contribution in [2.24, 2.45) is 5.92 Å². The van der Waals surface area contributed by atoms with Crippen LogP contribution in [0.2, 0.25) is 0 Å². The lowest BCUT2D eigenvalue weighted by Gasteiger charge is -2.25. The van der Waals surface area contributed by atoms with Crippen molar-refractivity contribution in [1.82, 2.24) is 15.3 Å². The third-order valence-electron chi connectivity index (χ3n) is 4.06. The normalized spacial score (nSPS) is 13.1. The molecule has 2 atom stereocenters. The SMILES string of the molecule is CC(C)CC(NC(Cc1cnc[nH]1)C(=O)N(c1ccccc1)[N+](=O)[O-])C(=O)O. The van der Waals surface area contributed by atoms with Gasteiger partial charge in [-0.15, -0.1) is 0 Å². The highest BCUT2D eigenvalue weighted by Crippen LogP contribution is 2.17. The number of para-hydroxylation sites is 1. The zero-order chi connectivity index (χ0) is 20.7. The van der Waals surface area contributed by atoms with Gasteiger partial charge in [-0.25, -0.2) is 15.1 Å². The molecule has 2 unspecified atom stereocenters. The number of nitrogens with zero attached hydrogens (tertiary/aromatic N) is 3. The maximum atomic E-state index is 13.0. The molecule has 0 saturated carbocycles. The number of H-pyrrole nitrogens is 1. The van der Waals surface area contributed by atoms with Crippen LogP contribution in [0.4, 0.5) is 5.69 Å². The predicted molar refractivity (Wildman–Crippen MR) is 101 cm³/mol. The molecule has 2 rings (SSSR count). The van der Waals surface area contributed by atoms with E-state index in [2.05, 4.69) is 15.3 Å². The minimum Gasteiger partial charge on any atom is -0.480 e. The summed E-state index contributed by atoms with van der Waals surface area (Å²) in [7, 11) is 0. The lowest BCUT2D eigenvalue weighted by atomic mass is 10.0. The molecule has 0 aliphatic heterocycles. The van der Waals surface area contributed by atoms with Gasteiger partial charge >= 0.3 is 11.9 Å². The number of hydrogen-bond donors (Lipinski definition) is 3. The fourth-order valence-corrected chi connectivity index (χ4v) is 2.81. The Morgan fingerprint density at radius 3 is 2.46 bits per heavy atom. The van der Waals surface area contributed by atoms with Crippen molar-refractivity contribution in [3.05, 3.63) is 58.7 Å². The zero-order valence-corrected chi connectivity index (χ0v) is 15.6. The number of amides is 1. The number of carbonyl (C=O) groups is 2. The molecule has 0 aliphatic rings. The van der Waals surface area contributed by atoms with Gasteiger partial charge < -0.3 is 10.1 Å². The number of aromatic amines is 1. The molecule has 0 aliphatic carbocycles. The molecule has 0 spiro atoms. The van der Waals surface area contributed by atoms with Gasteiger partial charge in [0, 0.05) is 18.3 Å². The fourth-order valence-electron chi connectivity index (χ4n) is 2.81. The molecular formula is C18H23N5O5. The Balaban J connectivity index is 2.34. The van der Waals surface area contributed by atoms with Crippen LogP contribution in [0.5, 0.6) is 0 Å². The van der Waals surface area contributed by atoms with E-state index in [0.717, 1.165) is 0 Å². The number of benzene rings is 1. The number of rotatable bonds is 10. The third-order valence-corrected chi connectivity index (χ3v) is 4.06. The monoisotopic (exact) mass is 389 g/mol. The van der Waals surface area contributed by atoms with Gasteiger partial charge in [0.1, 0.15) is 11.7 Å². The highest BCUT2D eigenvalue weighted by Gasteiger charge is 2.36. The van der Waals surface area contributed by atoms with E-state index in [0.29, 0.717) is 10.7 Å². The number of aromatic nitrogens is 2. The second-order valence-corrected chi connectivity index (χ2v) is 6.74. The average molecular weight is 389 g/mol. The molecule has 10 heteroatoms. The molecule has 10 nitrogen and oxygen atoms in total. The number of carboxylic acid groups (broad SMARTS) is 1. The van der Waals surface area contributed by atoms with Crippen LogP contribution in [0.3, 0.4) is 0 Å². The van der Waals surface area contributed by atoms with Crippen molar-refractivity contribution in [1.29, 1.82) is 0 Å². The summed E-state index contributed by atoms with van der Waals surface area (Å²) in [5.41, 5.74) is 0.639. The maximum absolute atomic E-state index is 13.0. The number of carboxylic acids is 1. The van der Waals surface area contributed by atoms with E-state index in [-0.39, 0.29) is 24.4 Å². The zero-order valence-electron chi connectivity index (χ0n) is 15.6. The highest BCUT2D eigenvalue weighted by atomic mass is 16.7. The molecule has 3 N–H and O–H groups in total. The minimum absolute atomic E-state index is 0.0257. The van der Waals surface area contributed by atoms with Crippen molar-refractivity contribution in [3.63, 3.8) is 0 Å². The van der Waals surface area contributed by atoms with Gasteiger partial charge in [0.25, 0.3) is 0 Å². The second-order valence-electron chi connectivity index (χ2n) is 6.74. The first-order valence-electron chi connectivity index (χ1n) is 8.79. The number of nitrogens with one attached hydrogen (secondary N) is 2. The standard InChI is InChI=1S/C18H23N5O5/c1-12(2)8-16(18(25)26)21-15(9-13-10-19-11-20-13)17(24)22(23(27)28)14-6-4-3-5-7-14/h3-7,10-12,15-16,21H,8-9H2,1-2H3,(H,19,20)(H,25,26). The van der Waals surface area contributed by atoms with Crippen molar-refractivity contribution in [2.75, 3.05) is 5.01 Å². The summed E-state index contributed by atoms with van der Waals surface area (Å²) in [6.07, 6.45) is 3.20. The van der Waals surface area contributed by atoms with E-state index in [4.69, 9.17) is 0 Å². The molecule has 1 amide bonds. The lowest BCUT2D eigenvalue weighted by molar-refractivity contribution is -0.484. The Bertz CT molecular complexity index is 794. The van der Waals surface area contributed by atoms with Crippen LogP contribution in [-0.4, -0.2) is 44.1 Å². The second kappa shape index (κ2) is 9.60. The van der Waals surface area contributed by atoms with Crippen LogP contribution >= 0.6 is 0 Å². The van der Waals surface area contributed by atoms with Crippen LogP contribution < -0.4 is 10.3 Å². The molecule has 2 aromatic rings. The van der Waals surface area contributed by atoms with Crippen LogP contribution in [-0.2, 0) is 16.0 Å². The number of imidazole rings is 1. The molecule has 0 fully saturated rings. The number of hydrogen-bond acceptors (Lipinski definition) is 6. The molecule has 28 heavy (non-hydrogen) atoms. The number of carbonyl (C=O) groups excluding carboxylic acids is 1. The first kappa shape index (κ1) is 21.0. The van der Waals surface area contributed by atoms with Gasteiger partial charge in [0.05, 0.1) is 12.4 Å². The molecule has 1 aromatic heterocycles. The number of aliphatic carboxylic acids is 1. The summed E-state index contributed by atoms with van der Waals surface area (Å²) in [5.74, 6) is -1.93. The van der Waals surface area contributed by atoms with Gasteiger partial charge in [0.2, 0.25) is 0 Å². The Morgan fingerprint density at radius 2 is 1.96 bits per heavy atom. The molecular weight excluding hydrogens is 366 g/mol. The third kappa shape index (κ3) is 5.61. The molecule has 0 saturated heterocycles. The summed E-state index contributed by atoms with van der Waals surface area (Å²) in [6, 6.07) is 5.56. The Labute approximate surface area is 161 Å². The number of anilines is 1. The molecule has 0 bridgehead atoms. The number of hydrazine groups is 1. The predicted octanol–water partition coefficient (Wildman–Crippen LogP) is 1.63. The summed E-state index contributed by atoms with van der Waals surface area (Å²) in [4.78, 5) is 43.0. The van der Waals surface area contributed by atoms with Crippen molar-refractivity contribution >= 4 is 17.6 Å². The van der Waals surface area contributed by atoms with E-state index < -0.39 is 29.0 Å². The van der Waals surface area contributed by atoms with Gasteiger partial charge in [-0.05, 0) is 29.5 Å². The fraction of sp³-hybridized carbons (Fsp3) is 0.389. The number of nitro groups is 1. The Kier molecular flexibility index (Phi) is 7.21. The molecule has 150 valence electrons. The molecule has 1 heterocycles. The largest absolute Gasteiger partial charge is 0.480 e. The van der Waals surface area contributed by atoms with Gasteiger partial charge in [-0.2, -0.15) is 0 Å². The van der Waals surface area contributed by atoms with Gasteiger partial charge in [-0.1, -0.05) is 32.0 Å². The first-order chi connectivity index (χ1) is 13.3. The summed E-state index contributed by atoms with van der Waals surface area (Å²) >= 11 is 0. The smallest absolute Gasteiger partial charge is 0.320 e. The highest BCUT2D eigenvalue weighted by molar-refractivity contribution is 5.95. The molecule has 1 aromatic carbocycles. The van der Waals surface area contributed by atoms with Gasteiger partial charge in [0.15, 0.2) is 5.03 Å². The summed E-state index contributed by atoms with van der Waals surface area (Å²) in [5, 5.41) is 23.5. The Hall–Kier alpha value is -3.27. The quantitative estimate of drug-likeness (QED) is 0.414. The van der Waals surface area contributed by atoms with Crippen LogP contribution in [0, 0.1) is 16.0 Å². The van der Waals surface area contributed by atoms with Crippen molar-refractivity contribution in [2.45, 2.75) is 38.8 Å². The van der Waals surface area contributed by atoms with E-state index in [1.54, 1.807) is 18.2 Å². The first-order valence-corrected chi connectivity index (χ1v) is 8.79. The van der Waals surface area contributed by atoms with E-state index in [1.165, 1.54) is 24.7 Å². The molecule has 0 radical (unpaired) electrons. The van der Waals surface area contributed by atoms with Crippen LogP contribution in [0.25, 0.3) is 0 Å². The van der Waals surface area contributed by atoms with E-state index in [9.17, 15) is 24.8 Å². The lowest BCUT2D eigenvalue weighted by Crippen LogP contribution is -2.55. The van der Waals surface area contributed by atoms with E-state index in [1.807, 2.05) is 13.8 Å². The summed E-state index contributed by atoms with van der Waals surface area (Å²) < 4.78 is 0. The minimum atomic E-state index is -1.13. The van der Waals surface area contributed by atoms with Crippen LogP contribution in [0.1, 0.15) is 26.0 Å². The van der Waals surface area contributed by atoms with Crippen LogP contribution in [0.15, 0.2) is 42.9 Å². The van der Waals surface area contributed by atoms with E-state index >= 15 is 0 Å². The average Bonchev–Trinajstić information content (AvgIpc) is 3.13. The maximum Gasteiger partial charge on any atom is 0.320 e.